The van der Waals surface area contributed by atoms with Crippen LogP contribution in [0.5, 0.6) is 0 Å². The first-order chi connectivity index (χ1) is 12.9. The van der Waals surface area contributed by atoms with Crippen molar-refractivity contribution in [1.82, 2.24) is 15.5 Å². The number of likely N-dealkylation sites (tertiary alicyclic amines) is 1. The summed E-state index contributed by atoms with van der Waals surface area (Å²) in [6, 6.07) is 8.97. The predicted molar refractivity (Wildman–Crippen MR) is 113 cm³/mol. The zero-order valence-corrected chi connectivity index (χ0v) is 17.4. The van der Waals surface area contributed by atoms with Crippen LogP contribution in [0, 0.1) is 5.92 Å². The van der Waals surface area contributed by atoms with Crippen molar-refractivity contribution in [1.29, 1.82) is 0 Å². The lowest BCUT2D eigenvalue weighted by Crippen LogP contribution is -2.46. The molecule has 1 amide bonds. The summed E-state index contributed by atoms with van der Waals surface area (Å²) in [5.74, 6) is 1.46. The van der Waals surface area contributed by atoms with Crippen LogP contribution in [0.1, 0.15) is 40.2 Å². The van der Waals surface area contributed by atoms with E-state index in [1.165, 1.54) is 12.5 Å². The van der Waals surface area contributed by atoms with Crippen LogP contribution in [0.2, 0.25) is 0 Å². The van der Waals surface area contributed by atoms with Gasteiger partial charge >= 0.3 is 0 Å². The molecule has 0 aromatic heterocycles. The SMILES string of the molecule is CCNC(=NCCc1ccc(NC(C)=O)cc1)NC1CN(C(C)C)CC1C. The first-order valence-corrected chi connectivity index (χ1v) is 10.0. The number of benzene rings is 1. The van der Waals surface area contributed by atoms with Crippen molar-refractivity contribution < 1.29 is 4.79 Å². The minimum Gasteiger partial charge on any atom is -0.357 e. The molecule has 27 heavy (non-hydrogen) atoms. The summed E-state index contributed by atoms with van der Waals surface area (Å²) in [5.41, 5.74) is 2.04. The number of carbonyl (C=O) groups excluding carboxylic acids is 1. The lowest BCUT2D eigenvalue weighted by molar-refractivity contribution is -0.114. The standard InChI is InChI=1S/C21H35N5O/c1-6-22-21(25-20-14-26(15(2)3)13-16(20)4)23-12-11-18-7-9-19(10-8-18)24-17(5)27/h7-10,15-16,20H,6,11-14H2,1-5H3,(H,24,27)(H2,22,23,25). The molecule has 0 spiro atoms. The number of aliphatic imine (C=N–C) groups is 1. The minimum absolute atomic E-state index is 0.0501. The first kappa shape index (κ1) is 21.2. The third-order valence-electron chi connectivity index (χ3n) is 4.98. The molecule has 6 nitrogen and oxygen atoms in total. The van der Waals surface area contributed by atoms with Crippen LogP contribution in [0.4, 0.5) is 5.69 Å². The first-order valence-electron chi connectivity index (χ1n) is 10.0. The summed E-state index contributed by atoms with van der Waals surface area (Å²) >= 11 is 0. The molecule has 1 saturated heterocycles. The highest BCUT2D eigenvalue weighted by atomic mass is 16.1. The molecule has 1 aromatic carbocycles. The Bertz CT molecular complexity index is 626. The number of rotatable bonds is 7. The van der Waals surface area contributed by atoms with Gasteiger partial charge in [-0.1, -0.05) is 19.1 Å². The van der Waals surface area contributed by atoms with E-state index < -0.39 is 0 Å². The van der Waals surface area contributed by atoms with Gasteiger partial charge in [0.1, 0.15) is 0 Å². The average Bonchev–Trinajstić information content (AvgIpc) is 2.97. The maximum atomic E-state index is 11.1. The summed E-state index contributed by atoms with van der Waals surface area (Å²) in [7, 11) is 0. The molecule has 1 heterocycles. The smallest absolute Gasteiger partial charge is 0.221 e. The number of guanidine groups is 1. The van der Waals surface area contributed by atoms with Gasteiger partial charge in [0.15, 0.2) is 5.96 Å². The molecule has 0 radical (unpaired) electrons. The molecule has 1 aliphatic rings. The van der Waals surface area contributed by atoms with E-state index >= 15 is 0 Å². The maximum Gasteiger partial charge on any atom is 0.221 e. The lowest BCUT2D eigenvalue weighted by Gasteiger charge is -2.22. The van der Waals surface area contributed by atoms with E-state index in [-0.39, 0.29) is 5.91 Å². The van der Waals surface area contributed by atoms with Crippen LogP contribution in [0.3, 0.4) is 0 Å². The maximum absolute atomic E-state index is 11.1. The van der Waals surface area contributed by atoms with Crippen molar-refractivity contribution in [3.8, 4) is 0 Å². The van der Waals surface area contributed by atoms with Crippen LogP contribution in [0.15, 0.2) is 29.3 Å². The molecular weight excluding hydrogens is 338 g/mol. The Labute approximate surface area is 163 Å². The van der Waals surface area contributed by atoms with Crippen molar-refractivity contribution >= 4 is 17.6 Å². The molecule has 0 aliphatic carbocycles. The normalized spacial score (nSPS) is 20.7. The van der Waals surface area contributed by atoms with Gasteiger partial charge in [-0.15, -0.1) is 0 Å². The van der Waals surface area contributed by atoms with Gasteiger partial charge in [0, 0.05) is 50.9 Å². The molecule has 2 unspecified atom stereocenters. The van der Waals surface area contributed by atoms with E-state index in [0.717, 1.165) is 44.2 Å². The number of nitrogens with zero attached hydrogens (tertiary/aromatic N) is 2. The molecule has 3 N–H and O–H groups in total. The fraction of sp³-hybridized carbons (Fsp3) is 0.619. The monoisotopic (exact) mass is 373 g/mol. The van der Waals surface area contributed by atoms with Crippen molar-refractivity contribution in [3.05, 3.63) is 29.8 Å². The number of amides is 1. The van der Waals surface area contributed by atoms with Gasteiger partial charge < -0.3 is 16.0 Å². The van der Waals surface area contributed by atoms with Gasteiger partial charge in [0.25, 0.3) is 0 Å². The Morgan fingerprint density at radius 3 is 2.52 bits per heavy atom. The summed E-state index contributed by atoms with van der Waals surface area (Å²) in [4.78, 5) is 18.4. The highest BCUT2D eigenvalue weighted by molar-refractivity contribution is 5.88. The van der Waals surface area contributed by atoms with Crippen LogP contribution in [-0.2, 0) is 11.2 Å². The number of anilines is 1. The van der Waals surface area contributed by atoms with E-state index in [0.29, 0.717) is 18.0 Å². The molecule has 1 fully saturated rings. The van der Waals surface area contributed by atoms with Crippen LogP contribution in [0.25, 0.3) is 0 Å². The lowest BCUT2D eigenvalue weighted by atomic mass is 10.1. The predicted octanol–water partition coefficient (Wildman–Crippen LogP) is 2.47. The minimum atomic E-state index is -0.0501. The van der Waals surface area contributed by atoms with Crippen molar-refractivity contribution in [2.75, 3.05) is 31.5 Å². The summed E-state index contributed by atoms with van der Waals surface area (Å²) < 4.78 is 0. The molecular formula is C21H35N5O. The average molecular weight is 374 g/mol. The Morgan fingerprint density at radius 1 is 1.26 bits per heavy atom. The van der Waals surface area contributed by atoms with Crippen LogP contribution < -0.4 is 16.0 Å². The van der Waals surface area contributed by atoms with Gasteiger partial charge in [-0.2, -0.15) is 0 Å². The zero-order chi connectivity index (χ0) is 19.8. The van der Waals surface area contributed by atoms with Gasteiger partial charge in [0.2, 0.25) is 5.91 Å². The van der Waals surface area contributed by atoms with Crippen molar-refractivity contribution in [2.45, 2.75) is 53.1 Å². The Kier molecular flexibility index (Phi) is 8.10. The van der Waals surface area contributed by atoms with E-state index in [1.807, 2.05) is 24.3 Å². The van der Waals surface area contributed by atoms with Gasteiger partial charge in [-0.25, -0.2) is 0 Å². The van der Waals surface area contributed by atoms with Gasteiger partial charge in [-0.3, -0.25) is 14.7 Å². The highest BCUT2D eigenvalue weighted by Gasteiger charge is 2.31. The third-order valence-corrected chi connectivity index (χ3v) is 4.98. The summed E-state index contributed by atoms with van der Waals surface area (Å²) in [6.07, 6.45) is 0.870. The van der Waals surface area contributed by atoms with Crippen LogP contribution in [-0.4, -0.2) is 55.0 Å². The number of hydrogen-bond donors (Lipinski definition) is 3. The zero-order valence-electron chi connectivity index (χ0n) is 17.4. The Morgan fingerprint density at radius 2 is 1.96 bits per heavy atom. The van der Waals surface area contributed by atoms with Gasteiger partial charge in [0.05, 0.1) is 0 Å². The topological polar surface area (TPSA) is 68.8 Å². The largest absolute Gasteiger partial charge is 0.357 e. The molecule has 150 valence electrons. The fourth-order valence-electron chi connectivity index (χ4n) is 3.36. The second-order valence-corrected chi connectivity index (χ2v) is 7.66. The molecule has 1 aromatic rings. The summed E-state index contributed by atoms with van der Waals surface area (Å²) in [6.45, 7) is 14.2. The molecule has 1 aliphatic heterocycles. The summed E-state index contributed by atoms with van der Waals surface area (Å²) in [5, 5.41) is 9.77. The van der Waals surface area contributed by atoms with Crippen LogP contribution >= 0.6 is 0 Å². The fourth-order valence-corrected chi connectivity index (χ4v) is 3.36. The van der Waals surface area contributed by atoms with Gasteiger partial charge in [-0.05, 0) is 50.8 Å². The molecule has 0 bridgehead atoms. The van der Waals surface area contributed by atoms with E-state index in [4.69, 9.17) is 4.99 Å². The number of nitrogens with one attached hydrogen (secondary N) is 3. The van der Waals surface area contributed by atoms with Crippen molar-refractivity contribution in [2.24, 2.45) is 10.9 Å². The Hall–Kier alpha value is -2.08. The van der Waals surface area contributed by atoms with E-state index in [9.17, 15) is 4.79 Å². The number of hydrogen-bond acceptors (Lipinski definition) is 3. The Balaban J connectivity index is 1.88. The second-order valence-electron chi connectivity index (χ2n) is 7.66. The molecule has 0 saturated carbocycles. The molecule has 2 atom stereocenters. The quantitative estimate of drug-likeness (QED) is 0.507. The number of carbonyl (C=O) groups is 1. The van der Waals surface area contributed by atoms with E-state index in [1.54, 1.807) is 0 Å². The van der Waals surface area contributed by atoms with Crippen molar-refractivity contribution in [3.63, 3.8) is 0 Å². The molecule has 6 heteroatoms. The second kappa shape index (κ2) is 10.3. The van der Waals surface area contributed by atoms with E-state index in [2.05, 4.69) is 48.5 Å². The third kappa shape index (κ3) is 6.86. The molecule has 2 rings (SSSR count). The highest BCUT2D eigenvalue weighted by Crippen LogP contribution is 2.18.